The zero-order valence-electron chi connectivity index (χ0n) is 13.2. The summed E-state index contributed by atoms with van der Waals surface area (Å²) in [5.41, 5.74) is 0.956. The third-order valence-electron chi connectivity index (χ3n) is 3.86. The number of ether oxygens (including phenoxy) is 1. The molecule has 0 saturated carbocycles. The van der Waals surface area contributed by atoms with E-state index in [0.717, 1.165) is 24.4 Å². The molecule has 0 unspecified atom stereocenters. The van der Waals surface area contributed by atoms with Gasteiger partial charge in [0.15, 0.2) is 0 Å². The number of nitrogens with zero attached hydrogens (tertiary/aromatic N) is 2. The lowest BCUT2D eigenvalue weighted by atomic mass is 10.1. The van der Waals surface area contributed by atoms with Gasteiger partial charge in [0, 0.05) is 33.2 Å². The van der Waals surface area contributed by atoms with Crippen molar-refractivity contribution in [3.63, 3.8) is 0 Å². The van der Waals surface area contributed by atoms with Crippen LogP contribution in [0.25, 0.3) is 0 Å². The number of rotatable bonds is 5. The van der Waals surface area contributed by atoms with Crippen molar-refractivity contribution < 1.29 is 14.3 Å². The number of hydrogen-bond donors (Lipinski definition) is 1. The Morgan fingerprint density at radius 2 is 1.95 bits per heavy atom. The summed E-state index contributed by atoms with van der Waals surface area (Å²) in [6, 6.07) is 7.58. The second kappa shape index (κ2) is 7.79. The van der Waals surface area contributed by atoms with Crippen LogP contribution in [0.3, 0.4) is 0 Å². The first kappa shape index (κ1) is 16.3. The van der Waals surface area contributed by atoms with E-state index in [-0.39, 0.29) is 11.8 Å². The van der Waals surface area contributed by atoms with Crippen LogP contribution in [0.1, 0.15) is 5.56 Å². The SMILES string of the molecule is CNC(=O)CN1CCN(C(=O)Cc2cccc(OC)c2)CC1. The highest BCUT2D eigenvalue weighted by Crippen LogP contribution is 2.14. The molecule has 1 aliphatic heterocycles. The molecule has 1 aromatic rings. The van der Waals surface area contributed by atoms with Crippen LogP contribution in [0.4, 0.5) is 0 Å². The number of hydrogen-bond acceptors (Lipinski definition) is 4. The summed E-state index contributed by atoms with van der Waals surface area (Å²) >= 11 is 0. The van der Waals surface area contributed by atoms with Gasteiger partial charge < -0.3 is 15.0 Å². The maximum absolute atomic E-state index is 12.3. The van der Waals surface area contributed by atoms with Gasteiger partial charge in [-0.15, -0.1) is 0 Å². The molecular formula is C16H23N3O3. The molecule has 0 bridgehead atoms. The summed E-state index contributed by atoms with van der Waals surface area (Å²) < 4.78 is 5.17. The predicted molar refractivity (Wildman–Crippen MR) is 83.8 cm³/mol. The number of amides is 2. The lowest BCUT2D eigenvalue weighted by Crippen LogP contribution is -2.51. The van der Waals surface area contributed by atoms with Crippen molar-refractivity contribution in [2.75, 3.05) is 46.9 Å². The number of methoxy groups -OCH3 is 1. The molecule has 0 aliphatic carbocycles. The summed E-state index contributed by atoms with van der Waals surface area (Å²) in [7, 11) is 3.25. The molecular weight excluding hydrogens is 282 g/mol. The van der Waals surface area contributed by atoms with Gasteiger partial charge in [0.05, 0.1) is 20.1 Å². The fourth-order valence-electron chi connectivity index (χ4n) is 2.51. The minimum Gasteiger partial charge on any atom is -0.497 e. The van der Waals surface area contributed by atoms with Gasteiger partial charge >= 0.3 is 0 Å². The van der Waals surface area contributed by atoms with E-state index in [1.165, 1.54) is 0 Å². The van der Waals surface area contributed by atoms with E-state index < -0.39 is 0 Å². The van der Waals surface area contributed by atoms with Crippen LogP contribution in [0.2, 0.25) is 0 Å². The topological polar surface area (TPSA) is 61.9 Å². The Bertz CT molecular complexity index is 525. The third-order valence-corrected chi connectivity index (χ3v) is 3.86. The molecule has 1 heterocycles. The van der Waals surface area contributed by atoms with Crippen molar-refractivity contribution in [2.24, 2.45) is 0 Å². The number of carbonyl (C=O) groups excluding carboxylic acids is 2. The van der Waals surface area contributed by atoms with E-state index in [2.05, 4.69) is 10.2 Å². The van der Waals surface area contributed by atoms with Gasteiger partial charge in [0.2, 0.25) is 11.8 Å². The molecule has 6 nitrogen and oxygen atoms in total. The number of likely N-dealkylation sites (N-methyl/N-ethyl adjacent to an activating group) is 1. The van der Waals surface area contributed by atoms with Crippen LogP contribution in [0, 0.1) is 0 Å². The molecule has 0 aromatic heterocycles. The number of piperazine rings is 1. The zero-order valence-corrected chi connectivity index (χ0v) is 13.2. The Kier molecular flexibility index (Phi) is 5.77. The molecule has 1 aliphatic rings. The molecule has 2 amide bonds. The van der Waals surface area contributed by atoms with Gasteiger partial charge in [-0.05, 0) is 17.7 Å². The highest BCUT2D eigenvalue weighted by Gasteiger charge is 2.22. The van der Waals surface area contributed by atoms with Gasteiger partial charge in [-0.25, -0.2) is 0 Å². The molecule has 1 fully saturated rings. The number of benzene rings is 1. The Morgan fingerprint density at radius 1 is 1.23 bits per heavy atom. The smallest absolute Gasteiger partial charge is 0.233 e. The van der Waals surface area contributed by atoms with Gasteiger partial charge in [-0.2, -0.15) is 0 Å². The molecule has 6 heteroatoms. The molecule has 0 radical (unpaired) electrons. The average Bonchev–Trinajstić information content (AvgIpc) is 2.55. The largest absolute Gasteiger partial charge is 0.497 e. The van der Waals surface area contributed by atoms with Crippen LogP contribution >= 0.6 is 0 Å². The molecule has 0 atom stereocenters. The maximum atomic E-state index is 12.3. The molecule has 1 saturated heterocycles. The highest BCUT2D eigenvalue weighted by molar-refractivity contribution is 5.79. The molecule has 0 spiro atoms. The van der Waals surface area contributed by atoms with Crippen molar-refractivity contribution in [2.45, 2.75) is 6.42 Å². The van der Waals surface area contributed by atoms with Crippen molar-refractivity contribution in [3.05, 3.63) is 29.8 Å². The van der Waals surface area contributed by atoms with E-state index in [9.17, 15) is 9.59 Å². The van der Waals surface area contributed by atoms with E-state index in [1.54, 1.807) is 14.2 Å². The first-order chi connectivity index (χ1) is 10.6. The second-order valence-corrected chi connectivity index (χ2v) is 5.36. The average molecular weight is 305 g/mol. The first-order valence-electron chi connectivity index (χ1n) is 7.46. The standard InChI is InChI=1S/C16H23N3O3/c1-17-15(20)12-18-6-8-19(9-7-18)16(21)11-13-4-3-5-14(10-13)22-2/h3-5,10H,6-9,11-12H2,1-2H3,(H,17,20). The van der Waals surface area contributed by atoms with E-state index in [0.29, 0.717) is 26.1 Å². The van der Waals surface area contributed by atoms with Crippen LogP contribution in [0.5, 0.6) is 5.75 Å². The fraction of sp³-hybridized carbons (Fsp3) is 0.500. The van der Waals surface area contributed by atoms with Crippen molar-refractivity contribution in [1.82, 2.24) is 15.1 Å². The normalized spacial score (nSPS) is 15.5. The van der Waals surface area contributed by atoms with Gasteiger partial charge in [0.25, 0.3) is 0 Å². The Labute approximate surface area is 131 Å². The Morgan fingerprint density at radius 3 is 2.59 bits per heavy atom. The molecule has 120 valence electrons. The van der Waals surface area contributed by atoms with Gasteiger partial charge in [0.1, 0.15) is 5.75 Å². The minimum absolute atomic E-state index is 0.0103. The number of nitrogens with one attached hydrogen (secondary N) is 1. The van der Waals surface area contributed by atoms with Crippen molar-refractivity contribution in [1.29, 1.82) is 0 Å². The summed E-state index contributed by atoms with van der Waals surface area (Å²) in [6.45, 7) is 3.20. The fourth-order valence-corrected chi connectivity index (χ4v) is 2.51. The molecule has 22 heavy (non-hydrogen) atoms. The Balaban J connectivity index is 1.83. The summed E-state index contributed by atoms with van der Waals surface area (Å²) in [6.07, 6.45) is 0.382. The van der Waals surface area contributed by atoms with E-state index >= 15 is 0 Å². The monoisotopic (exact) mass is 305 g/mol. The maximum Gasteiger partial charge on any atom is 0.233 e. The quantitative estimate of drug-likeness (QED) is 0.840. The molecule has 1 N–H and O–H groups in total. The first-order valence-corrected chi connectivity index (χ1v) is 7.46. The zero-order chi connectivity index (χ0) is 15.9. The van der Waals surface area contributed by atoms with Crippen molar-refractivity contribution >= 4 is 11.8 Å². The van der Waals surface area contributed by atoms with E-state index in [1.807, 2.05) is 29.2 Å². The lowest BCUT2D eigenvalue weighted by Gasteiger charge is -2.34. The van der Waals surface area contributed by atoms with E-state index in [4.69, 9.17) is 4.74 Å². The van der Waals surface area contributed by atoms with Crippen LogP contribution in [-0.4, -0.2) is 68.5 Å². The number of carbonyl (C=O) groups is 2. The molecule has 2 rings (SSSR count). The lowest BCUT2D eigenvalue weighted by molar-refractivity contribution is -0.132. The van der Waals surface area contributed by atoms with Crippen LogP contribution in [0.15, 0.2) is 24.3 Å². The van der Waals surface area contributed by atoms with Crippen molar-refractivity contribution in [3.8, 4) is 5.75 Å². The third kappa shape index (κ3) is 4.46. The van der Waals surface area contributed by atoms with Gasteiger partial charge in [-0.1, -0.05) is 12.1 Å². The minimum atomic E-state index is 0.0103. The summed E-state index contributed by atoms with van der Waals surface area (Å²) in [4.78, 5) is 27.6. The Hall–Kier alpha value is -2.08. The second-order valence-electron chi connectivity index (χ2n) is 5.36. The highest BCUT2D eigenvalue weighted by atomic mass is 16.5. The summed E-state index contributed by atoms with van der Waals surface area (Å²) in [5.74, 6) is 0.893. The predicted octanol–water partition coefficient (Wildman–Crippen LogP) is 0.128. The van der Waals surface area contributed by atoms with Crippen LogP contribution < -0.4 is 10.1 Å². The van der Waals surface area contributed by atoms with Crippen LogP contribution in [-0.2, 0) is 16.0 Å². The molecule has 1 aromatic carbocycles. The van der Waals surface area contributed by atoms with Gasteiger partial charge in [-0.3, -0.25) is 14.5 Å². The summed E-state index contributed by atoms with van der Waals surface area (Å²) in [5, 5.41) is 2.62.